The molecular formula is C25H28N2O2. The Morgan fingerprint density at radius 2 is 1.66 bits per heavy atom. The fourth-order valence-electron chi connectivity index (χ4n) is 4.51. The van der Waals surface area contributed by atoms with Gasteiger partial charge in [-0.25, -0.2) is 0 Å². The lowest BCUT2D eigenvalue weighted by Crippen LogP contribution is -2.36. The van der Waals surface area contributed by atoms with Gasteiger partial charge in [0.2, 0.25) is 5.91 Å². The van der Waals surface area contributed by atoms with Gasteiger partial charge in [0.25, 0.3) is 5.91 Å². The van der Waals surface area contributed by atoms with Gasteiger partial charge in [0.05, 0.1) is 12.5 Å². The lowest BCUT2D eigenvalue weighted by molar-refractivity contribution is -0.129. The minimum atomic E-state index is -0.0531. The zero-order valence-corrected chi connectivity index (χ0v) is 16.8. The van der Waals surface area contributed by atoms with Crippen LogP contribution in [0.2, 0.25) is 0 Å². The van der Waals surface area contributed by atoms with Crippen molar-refractivity contribution in [2.45, 2.75) is 51.1 Å². The number of nitrogens with one attached hydrogen (secondary N) is 1. The number of carbonyl (C=O) groups is 2. The van der Waals surface area contributed by atoms with Crippen molar-refractivity contribution in [1.29, 1.82) is 0 Å². The Kier molecular flexibility index (Phi) is 6.09. The van der Waals surface area contributed by atoms with Crippen LogP contribution in [0.4, 0.5) is 0 Å². The fourth-order valence-corrected chi connectivity index (χ4v) is 4.51. The van der Waals surface area contributed by atoms with Gasteiger partial charge in [-0.05, 0) is 42.4 Å². The standard InChI is InChI=1S/C25H28N2O2/c28-24(26-16-15-19-9-3-1-4-10-19)17-22-21-13-7-8-14-23(21)27(25(22)29)18-20-11-5-2-6-12-20/h1-6,9-12,23H,7-8,13-18H2,(H,26,28). The van der Waals surface area contributed by atoms with Crippen LogP contribution in [0.1, 0.15) is 43.2 Å². The molecule has 2 aliphatic rings. The van der Waals surface area contributed by atoms with Crippen molar-refractivity contribution in [3.05, 3.63) is 82.9 Å². The molecule has 1 heterocycles. The highest BCUT2D eigenvalue weighted by molar-refractivity contribution is 6.02. The largest absolute Gasteiger partial charge is 0.355 e. The van der Waals surface area contributed by atoms with Crippen LogP contribution in [-0.2, 0) is 22.6 Å². The molecule has 1 aliphatic heterocycles. The van der Waals surface area contributed by atoms with E-state index in [-0.39, 0.29) is 24.3 Å². The number of hydrogen-bond donors (Lipinski definition) is 1. The van der Waals surface area contributed by atoms with Crippen LogP contribution < -0.4 is 5.32 Å². The van der Waals surface area contributed by atoms with E-state index in [0.29, 0.717) is 13.1 Å². The number of amides is 2. The van der Waals surface area contributed by atoms with Crippen LogP contribution in [0.3, 0.4) is 0 Å². The molecule has 0 spiro atoms. The van der Waals surface area contributed by atoms with Crippen molar-refractivity contribution in [3.63, 3.8) is 0 Å². The summed E-state index contributed by atoms with van der Waals surface area (Å²) >= 11 is 0. The molecule has 0 aromatic heterocycles. The summed E-state index contributed by atoms with van der Waals surface area (Å²) < 4.78 is 0. The summed E-state index contributed by atoms with van der Waals surface area (Å²) in [5, 5.41) is 2.99. The van der Waals surface area contributed by atoms with E-state index in [9.17, 15) is 9.59 Å². The van der Waals surface area contributed by atoms with Crippen molar-refractivity contribution in [2.24, 2.45) is 0 Å². The predicted molar refractivity (Wildman–Crippen MR) is 114 cm³/mol. The van der Waals surface area contributed by atoms with Gasteiger partial charge in [-0.1, -0.05) is 67.1 Å². The smallest absolute Gasteiger partial charge is 0.251 e. The second-order valence-corrected chi connectivity index (χ2v) is 7.95. The second-order valence-electron chi connectivity index (χ2n) is 7.95. The molecule has 0 bridgehead atoms. The summed E-state index contributed by atoms with van der Waals surface area (Å²) in [7, 11) is 0. The molecule has 1 unspecified atom stereocenters. The monoisotopic (exact) mass is 388 g/mol. The lowest BCUT2D eigenvalue weighted by atomic mass is 9.88. The fraction of sp³-hybridized carbons (Fsp3) is 0.360. The van der Waals surface area contributed by atoms with Crippen molar-refractivity contribution >= 4 is 11.8 Å². The van der Waals surface area contributed by atoms with Crippen LogP contribution >= 0.6 is 0 Å². The van der Waals surface area contributed by atoms with Crippen molar-refractivity contribution in [2.75, 3.05) is 6.54 Å². The van der Waals surface area contributed by atoms with Gasteiger partial charge in [0.15, 0.2) is 0 Å². The third-order valence-corrected chi connectivity index (χ3v) is 5.97. The summed E-state index contributed by atoms with van der Waals surface area (Å²) in [6.07, 6.45) is 5.20. The van der Waals surface area contributed by atoms with E-state index in [1.807, 2.05) is 41.3 Å². The predicted octanol–water partition coefficient (Wildman–Crippen LogP) is 4.02. The molecule has 2 aromatic carbocycles. The minimum Gasteiger partial charge on any atom is -0.355 e. The Bertz CT molecular complexity index is 890. The van der Waals surface area contributed by atoms with E-state index in [1.54, 1.807) is 0 Å². The molecule has 1 N–H and O–H groups in total. The van der Waals surface area contributed by atoms with Gasteiger partial charge in [-0.2, -0.15) is 0 Å². The second kappa shape index (κ2) is 9.08. The van der Waals surface area contributed by atoms with Gasteiger partial charge in [-0.15, -0.1) is 0 Å². The van der Waals surface area contributed by atoms with Crippen LogP contribution in [-0.4, -0.2) is 29.3 Å². The number of nitrogens with zero attached hydrogens (tertiary/aromatic N) is 1. The van der Waals surface area contributed by atoms with Gasteiger partial charge in [-0.3, -0.25) is 9.59 Å². The number of benzene rings is 2. The zero-order valence-electron chi connectivity index (χ0n) is 16.8. The van der Waals surface area contributed by atoms with E-state index >= 15 is 0 Å². The molecule has 4 heteroatoms. The highest BCUT2D eigenvalue weighted by atomic mass is 16.2. The first kappa shape index (κ1) is 19.4. The highest BCUT2D eigenvalue weighted by Crippen LogP contribution is 2.38. The van der Waals surface area contributed by atoms with E-state index < -0.39 is 0 Å². The van der Waals surface area contributed by atoms with Crippen LogP contribution in [0.5, 0.6) is 0 Å². The molecule has 150 valence electrons. The van der Waals surface area contributed by atoms with E-state index in [1.165, 1.54) is 11.1 Å². The number of fused-ring (bicyclic) bond motifs is 1. The summed E-state index contributed by atoms with van der Waals surface area (Å²) in [6, 6.07) is 20.4. The lowest BCUT2D eigenvalue weighted by Gasteiger charge is -2.30. The third kappa shape index (κ3) is 4.58. The Morgan fingerprint density at radius 3 is 2.38 bits per heavy atom. The van der Waals surface area contributed by atoms with E-state index in [0.717, 1.165) is 43.2 Å². The average molecular weight is 389 g/mol. The molecule has 4 rings (SSSR count). The summed E-state index contributed by atoms with van der Waals surface area (Å²) in [4.78, 5) is 27.7. The van der Waals surface area contributed by atoms with Crippen molar-refractivity contribution in [3.8, 4) is 0 Å². The average Bonchev–Trinajstić information content (AvgIpc) is 3.01. The van der Waals surface area contributed by atoms with Crippen molar-refractivity contribution in [1.82, 2.24) is 10.2 Å². The minimum absolute atomic E-state index is 0.0500. The normalized spacial score (nSPS) is 18.7. The SMILES string of the molecule is O=C(CC1=C2CCCCC2N(Cc2ccccc2)C1=O)NCCc1ccccc1. The van der Waals surface area contributed by atoms with Gasteiger partial charge < -0.3 is 10.2 Å². The topological polar surface area (TPSA) is 49.4 Å². The van der Waals surface area contributed by atoms with E-state index in [2.05, 4.69) is 29.6 Å². The Hall–Kier alpha value is -2.88. The molecule has 2 amide bonds. The molecule has 2 aromatic rings. The Morgan fingerprint density at radius 1 is 0.966 bits per heavy atom. The first-order valence-electron chi connectivity index (χ1n) is 10.6. The quantitative estimate of drug-likeness (QED) is 0.779. The molecule has 0 saturated heterocycles. The first-order valence-corrected chi connectivity index (χ1v) is 10.6. The highest BCUT2D eigenvalue weighted by Gasteiger charge is 2.40. The Balaban J connectivity index is 1.40. The molecule has 1 saturated carbocycles. The number of carbonyl (C=O) groups excluding carboxylic acids is 2. The molecule has 1 aliphatic carbocycles. The van der Waals surface area contributed by atoms with Gasteiger partial charge in [0, 0.05) is 18.7 Å². The molecule has 1 atom stereocenters. The van der Waals surface area contributed by atoms with Crippen LogP contribution in [0, 0.1) is 0 Å². The zero-order chi connectivity index (χ0) is 20.1. The van der Waals surface area contributed by atoms with Gasteiger partial charge in [0.1, 0.15) is 0 Å². The van der Waals surface area contributed by atoms with Crippen LogP contribution in [0.25, 0.3) is 0 Å². The first-order chi connectivity index (χ1) is 14.2. The summed E-state index contributed by atoms with van der Waals surface area (Å²) in [6.45, 7) is 1.21. The number of rotatable bonds is 7. The summed E-state index contributed by atoms with van der Waals surface area (Å²) in [5.74, 6) is -0.00312. The maximum Gasteiger partial charge on any atom is 0.251 e. The Labute approximate surface area is 172 Å². The number of hydrogen-bond acceptors (Lipinski definition) is 2. The molecular weight excluding hydrogens is 360 g/mol. The maximum atomic E-state index is 13.2. The van der Waals surface area contributed by atoms with E-state index in [4.69, 9.17) is 0 Å². The molecule has 0 radical (unpaired) electrons. The molecule has 1 fully saturated rings. The maximum absolute atomic E-state index is 13.2. The van der Waals surface area contributed by atoms with Crippen molar-refractivity contribution < 1.29 is 9.59 Å². The molecule has 4 nitrogen and oxygen atoms in total. The van der Waals surface area contributed by atoms with Gasteiger partial charge >= 0.3 is 0 Å². The summed E-state index contributed by atoms with van der Waals surface area (Å²) in [5.41, 5.74) is 4.28. The third-order valence-electron chi connectivity index (χ3n) is 5.97. The molecule has 29 heavy (non-hydrogen) atoms. The van der Waals surface area contributed by atoms with Crippen LogP contribution in [0.15, 0.2) is 71.8 Å².